The Morgan fingerprint density at radius 2 is 1.94 bits per heavy atom. The van der Waals surface area contributed by atoms with Gasteiger partial charge in [-0.2, -0.15) is 0 Å². The number of hydrogen-bond acceptors (Lipinski definition) is 7. The van der Waals surface area contributed by atoms with Crippen LogP contribution in [0.3, 0.4) is 0 Å². The van der Waals surface area contributed by atoms with Crippen molar-refractivity contribution in [2.24, 2.45) is 0 Å². The SMILES string of the molecule is Cl.O=c1ccc2ncc(=O)n3c2n1CC3CN1CCC(NCc2cc3c(cn2)OCCC3)CC1. The number of hydrogen-bond donors (Lipinski definition) is 1. The number of pyridine rings is 2. The van der Waals surface area contributed by atoms with Gasteiger partial charge < -0.3 is 15.0 Å². The monoisotopic (exact) mass is 484 g/mol. The van der Waals surface area contributed by atoms with Crippen molar-refractivity contribution in [3.63, 3.8) is 0 Å². The Kier molecular flexibility index (Phi) is 6.42. The molecule has 34 heavy (non-hydrogen) atoms. The van der Waals surface area contributed by atoms with Crippen LogP contribution in [0.1, 0.15) is 36.6 Å². The minimum Gasteiger partial charge on any atom is -0.492 e. The smallest absolute Gasteiger partial charge is 0.270 e. The van der Waals surface area contributed by atoms with Gasteiger partial charge in [-0.05, 0) is 56.5 Å². The molecule has 0 amide bonds. The lowest BCUT2D eigenvalue weighted by atomic mass is 10.0. The summed E-state index contributed by atoms with van der Waals surface area (Å²) in [6, 6.07) is 5.82. The fraction of sp³-hybridized carbons (Fsp3) is 0.500. The Balaban J connectivity index is 0.00000241. The van der Waals surface area contributed by atoms with Crippen molar-refractivity contribution in [2.75, 3.05) is 26.2 Å². The second-order valence-corrected chi connectivity index (χ2v) is 9.30. The highest BCUT2D eigenvalue weighted by molar-refractivity contribution is 5.85. The number of piperidine rings is 1. The topological polar surface area (TPSA) is 94.3 Å². The van der Waals surface area contributed by atoms with E-state index in [2.05, 4.69) is 26.3 Å². The molecule has 3 aromatic heterocycles. The summed E-state index contributed by atoms with van der Waals surface area (Å²) in [6.07, 6.45) is 7.46. The number of nitrogens with one attached hydrogen (secondary N) is 1. The number of rotatable bonds is 5. The molecule has 1 fully saturated rings. The summed E-state index contributed by atoms with van der Waals surface area (Å²) < 4.78 is 9.12. The normalized spacial score (nSPS) is 20.1. The first kappa shape index (κ1) is 23.0. The minimum atomic E-state index is -0.135. The van der Waals surface area contributed by atoms with E-state index in [1.165, 1.54) is 17.8 Å². The third-order valence-corrected chi connectivity index (χ3v) is 7.15. The molecule has 3 aliphatic rings. The first-order valence-corrected chi connectivity index (χ1v) is 11.8. The summed E-state index contributed by atoms with van der Waals surface area (Å²) in [5.41, 5.74) is 3.47. The van der Waals surface area contributed by atoms with E-state index in [0.717, 1.165) is 69.9 Å². The minimum absolute atomic E-state index is 0. The van der Waals surface area contributed by atoms with Gasteiger partial charge in [0.25, 0.3) is 11.1 Å². The molecule has 3 aromatic rings. The second kappa shape index (κ2) is 9.48. The maximum Gasteiger partial charge on any atom is 0.270 e. The third-order valence-electron chi connectivity index (χ3n) is 7.15. The summed E-state index contributed by atoms with van der Waals surface area (Å²) in [4.78, 5) is 36.1. The molecule has 1 unspecified atom stereocenters. The fourth-order valence-corrected chi connectivity index (χ4v) is 5.43. The zero-order valence-electron chi connectivity index (χ0n) is 19.0. The van der Waals surface area contributed by atoms with Crippen LogP contribution in [0.15, 0.2) is 40.2 Å². The lowest BCUT2D eigenvalue weighted by Gasteiger charge is -2.34. The standard InChI is InChI=1S/C24H28N6O3.ClH/c31-22-4-3-20-24-29(22)15-19(30(24)23(32)13-27-20)14-28-7-5-17(6-8-28)25-11-18-10-16-2-1-9-33-21(16)12-26-18;/h3-4,10,12-13,17,19,25H,1-2,5-9,11,14-15H2;1H. The van der Waals surface area contributed by atoms with Gasteiger partial charge in [0.15, 0.2) is 0 Å². The molecular formula is C24H29ClN6O3. The van der Waals surface area contributed by atoms with Gasteiger partial charge in [-0.1, -0.05) is 0 Å². The molecule has 9 nitrogen and oxygen atoms in total. The van der Waals surface area contributed by atoms with Gasteiger partial charge in [-0.3, -0.25) is 23.7 Å². The van der Waals surface area contributed by atoms with Gasteiger partial charge >= 0.3 is 0 Å². The second-order valence-electron chi connectivity index (χ2n) is 9.30. The van der Waals surface area contributed by atoms with E-state index in [4.69, 9.17) is 4.74 Å². The Morgan fingerprint density at radius 1 is 1.09 bits per heavy atom. The molecule has 6 rings (SSSR count). The van der Waals surface area contributed by atoms with E-state index >= 15 is 0 Å². The van der Waals surface area contributed by atoms with Crippen LogP contribution in [-0.2, 0) is 19.5 Å². The first-order valence-electron chi connectivity index (χ1n) is 11.8. The molecule has 1 saturated heterocycles. The number of aromatic nitrogens is 4. The molecular weight excluding hydrogens is 456 g/mol. The highest BCUT2D eigenvalue weighted by Gasteiger charge is 2.29. The van der Waals surface area contributed by atoms with Crippen LogP contribution in [0.25, 0.3) is 11.2 Å². The zero-order chi connectivity index (χ0) is 22.4. The highest BCUT2D eigenvalue weighted by Crippen LogP contribution is 2.25. The Morgan fingerprint density at radius 3 is 2.79 bits per heavy atom. The number of aryl methyl sites for hydroxylation is 1. The number of likely N-dealkylation sites (tertiary alicyclic amines) is 1. The number of halogens is 1. The summed E-state index contributed by atoms with van der Waals surface area (Å²) in [5, 5.41) is 3.67. The summed E-state index contributed by atoms with van der Waals surface area (Å²) in [7, 11) is 0. The van der Waals surface area contributed by atoms with Crippen molar-refractivity contribution in [3.8, 4) is 5.75 Å². The average molecular weight is 485 g/mol. The fourth-order valence-electron chi connectivity index (χ4n) is 5.43. The molecule has 1 N–H and O–H groups in total. The molecule has 6 heterocycles. The van der Waals surface area contributed by atoms with Crippen molar-refractivity contribution in [2.45, 2.75) is 50.9 Å². The van der Waals surface area contributed by atoms with Crippen LogP contribution in [0.5, 0.6) is 5.75 Å². The Hall–Kier alpha value is -2.75. The van der Waals surface area contributed by atoms with E-state index in [-0.39, 0.29) is 29.6 Å². The number of nitrogens with zero attached hydrogens (tertiary/aromatic N) is 5. The van der Waals surface area contributed by atoms with Crippen LogP contribution in [0.4, 0.5) is 0 Å². The van der Waals surface area contributed by atoms with E-state index in [1.54, 1.807) is 15.2 Å². The molecule has 0 aromatic carbocycles. The molecule has 0 aliphatic carbocycles. The number of ether oxygens (including phenoxy) is 1. The predicted octanol–water partition coefficient (Wildman–Crippen LogP) is 1.51. The Bertz CT molecular complexity index is 1310. The molecule has 10 heteroatoms. The maximum atomic E-state index is 12.6. The van der Waals surface area contributed by atoms with E-state index in [1.807, 2.05) is 6.20 Å². The van der Waals surface area contributed by atoms with E-state index in [9.17, 15) is 9.59 Å². The van der Waals surface area contributed by atoms with Crippen LogP contribution in [0.2, 0.25) is 0 Å². The molecule has 180 valence electrons. The highest BCUT2D eigenvalue weighted by atomic mass is 35.5. The van der Waals surface area contributed by atoms with Crippen molar-refractivity contribution in [1.29, 1.82) is 0 Å². The summed E-state index contributed by atoms with van der Waals surface area (Å²) in [6.45, 7) is 4.78. The van der Waals surface area contributed by atoms with Gasteiger partial charge in [-0.15, -0.1) is 12.4 Å². The Labute approximate surface area is 203 Å². The number of fused-ring (bicyclic) bond motifs is 1. The maximum absolute atomic E-state index is 12.6. The van der Waals surface area contributed by atoms with Crippen LogP contribution >= 0.6 is 12.4 Å². The third kappa shape index (κ3) is 4.23. The van der Waals surface area contributed by atoms with Gasteiger partial charge in [0, 0.05) is 31.7 Å². The van der Waals surface area contributed by atoms with E-state index < -0.39 is 0 Å². The van der Waals surface area contributed by atoms with Crippen LogP contribution in [0, 0.1) is 0 Å². The van der Waals surface area contributed by atoms with Gasteiger partial charge in [0.1, 0.15) is 16.9 Å². The zero-order valence-corrected chi connectivity index (χ0v) is 19.8. The quantitative estimate of drug-likeness (QED) is 0.586. The van der Waals surface area contributed by atoms with Crippen molar-refractivity contribution < 1.29 is 4.74 Å². The van der Waals surface area contributed by atoms with E-state index in [0.29, 0.717) is 23.8 Å². The van der Waals surface area contributed by atoms with Crippen LogP contribution < -0.4 is 21.2 Å². The molecule has 0 saturated carbocycles. The summed E-state index contributed by atoms with van der Waals surface area (Å²) in [5.74, 6) is 0.931. The molecule has 0 radical (unpaired) electrons. The lowest BCUT2D eigenvalue weighted by Crippen LogP contribution is -2.44. The molecule has 1 atom stereocenters. The lowest BCUT2D eigenvalue weighted by molar-refractivity contribution is 0.171. The first-order chi connectivity index (χ1) is 16.2. The van der Waals surface area contributed by atoms with Crippen LogP contribution in [-0.4, -0.2) is 56.3 Å². The van der Waals surface area contributed by atoms with Crippen molar-refractivity contribution in [1.82, 2.24) is 29.3 Å². The molecule has 3 aliphatic heterocycles. The summed E-state index contributed by atoms with van der Waals surface area (Å²) >= 11 is 0. The molecule has 0 spiro atoms. The largest absolute Gasteiger partial charge is 0.492 e. The predicted molar refractivity (Wildman–Crippen MR) is 131 cm³/mol. The van der Waals surface area contributed by atoms with Crippen molar-refractivity contribution in [3.05, 3.63) is 62.6 Å². The van der Waals surface area contributed by atoms with Gasteiger partial charge in [0.05, 0.1) is 30.7 Å². The average Bonchev–Trinajstić information content (AvgIpc) is 3.23. The van der Waals surface area contributed by atoms with Gasteiger partial charge in [-0.25, -0.2) is 4.98 Å². The van der Waals surface area contributed by atoms with Crippen molar-refractivity contribution >= 4 is 23.6 Å². The van der Waals surface area contributed by atoms with Gasteiger partial charge in [0.2, 0.25) is 0 Å². The molecule has 0 bridgehead atoms.